The molecule has 3 aliphatic rings. The summed E-state index contributed by atoms with van der Waals surface area (Å²) in [5.41, 5.74) is -1.65. The lowest BCUT2D eigenvalue weighted by atomic mass is 9.70. The van der Waals surface area contributed by atoms with Gasteiger partial charge >= 0.3 is 5.97 Å². The maximum absolute atomic E-state index is 14.0. The van der Waals surface area contributed by atoms with Crippen molar-refractivity contribution < 1.29 is 29.3 Å². The van der Waals surface area contributed by atoms with Crippen LogP contribution in [-0.2, 0) is 19.1 Å². The maximum atomic E-state index is 14.0. The van der Waals surface area contributed by atoms with E-state index in [4.69, 9.17) is 9.84 Å². The van der Waals surface area contributed by atoms with Gasteiger partial charge in [-0.05, 0) is 40.0 Å². The molecule has 3 saturated heterocycles. The molecule has 2 amide bonds. The van der Waals surface area contributed by atoms with Crippen molar-refractivity contribution in [3.63, 3.8) is 0 Å². The first kappa shape index (κ1) is 25.2. The highest BCUT2D eigenvalue weighted by Gasteiger charge is 2.76. The Hall–Kier alpha value is -1.45. The molecule has 8 nitrogen and oxygen atoms in total. The van der Waals surface area contributed by atoms with Gasteiger partial charge < -0.3 is 24.7 Å². The number of carboxylic acid groups (broad SMARTS) is 1. The molecule has 1 spiro atoms. The van der Waals surface area contributed by atoms with Gasteiger partial charge in [-0.1, -0.05) is 34.8 Å². The average Bonchev–Trinajstić information content (AvgIpc) is 3.28. The number of alkyl halides is 1. The Bertz CT molecular complexity index is 768. The SMILES string of the molecule is C=CCN(C(=O)C1N(CCCCCCO)C(=O)[C@@H]2[C@@H](C(=O)O)[C@@H]3OC12CC3Br)C(C)(C)C. The third-order valence-corrected chi connectivity index (χ3v) is 7.85. The zero-order valence-corrected chi connectivity index (χ0v) is 20.7. The van der Waals surface area contributed by atoms with Crippen molar-refractivity contribution in [2.75, 3.05) is 19.7 Å². The lowest BCUT2D eigenvalue weighted by Gasteiger charge is -2.42. The summed E-state index contributed by atoms with van der Waals surface area (Å²) >= 11 is 3.56. The number of carbonyl (C=O) groups is 3. The number of ether oxygens (including phenoxy) is 1. The lowest BCUT2D eigenvalue weighted by Crippen LogP contribution is -2.60. The fourth-order valence-electron chi connectivity index (χ4n) is 5.65. The number of carbonyl (C=O) groups excluding carboxylic acids is 2. The molecule has 9 heteroatoms. The van der Waals surface area contributed by atoms with Crippen molar-refractivity contribution in [3.8, 4) is 0 Å². The van der Waals surface area contributed by atoms with E-state index in [-0.39, 0.29) is 23.2 Å². The fourth-order valence-corrected chi connectivity index (χ4v) is 6.59. The molecule has 6 atom stereocenters. The molecule has 0 aromatic carbocycles. The van der Waals surface area contributed by atoms with Gasteiger partial charge in [-0.3, -0.25) is 14.4 Å². The largest absolute Gasteiger partial charge is 0.481 e. The highest BCUT2D eigenvalue weighted by molar-refractivity contribution is 9.09. The molecule has 0 radical (unpaired) electrons. The summed E-state index contributed by atoms with van der Waals surface area (Å²) in [6.07, 6.45) is 4.45. The fraction of sp³-hybridized carbons (Fsp3) is 0.783. The summed E-state index contributed by atoms with van der Waals surface area (Å²) in [5, 5.41) is 18.9. The van der Waals surface area contributed by atoms with Crippen LogP contribution in [0.5, 0.6) is 0 Å². The third kappa shape index (κ3) is 4.12. The standard InChI is InChI=1S/C23H35BrN2O6/c1-5-10-26(22(2,3)4)20(29)18-23-13-14(24)17(32-23)15(21(30)31)16(23)19(28)25(18)11-8-6-7-9-12-27/h5,14-18,27H,1,6-13H2,2-4H3,(H,30,31)/t14?,15-,16+,17-,18?,23?/m1/s1. The first-order chi connectivity index (χ1) is 15.0. The van der Waals surface area contributed by atoms with Crippen LogP contribution in [0.2, 0.25) is 0 Å². The highest BCUT2D eigenvalue weighted by atomic mass is 79.9. The predicted molar refractivity (Wildman–Crippen MR) is 122 cm³/mol. The van der Waals surface area contributed by atoms with Crippen LogP contribution in [0.1, 0.15) is 52.9 Å². The van der Waals surface area contributed by atoms with Crippen LogP contribution in [0.3, 0.4) is 0 Å². The van der Waals surface area contributed by atoms with Crippen LogP contribution in [0.15, 0.2) is 12.7 Å². The Balaban J connectivity index is 1.99. The van der Waals surface area contributed by atoms with Crippen molar-refractivity contribution in [2.24, 2.45) is 11.8 Å². The van der Waals surface area contributed by atoms with E-state index >= 15 is 0 Å². The van der Waals surface area contributed by atoms with E-state index < -0.39 is 41.1 Å². The van der Waals surface area contributed by atoms with Crippen LogP contribution >= 0.6 is 15.9 Å². The van der Waals surface area contributed by atoms with E-state index in [9.17, 15) is 19.5 Å². The topological polar surface area (TPSA) is 107 Å². The van der Waals surface area contributed by atoms with E-state index in [1.165, 1.54) is 0 Å². The average molecular weight is 515 g/mol. The molecule has 3 heterocycles. The number of carboxylic acids is 1. The number of hydrogen-bond donors (Lipinski definition) is 2. The minimum Gasteiger partial charge on any atom is -0.481 e. The number of likely N-dealkylation sites (tertiary alicyclic amines) is 1. The number of aliphatic hydroxyl groups is 1. The normalized spacial score (nSPS) is 33.5. The maximum Gasteiger partial charge on any atom is 0.310 e. The summed E-state index contributed by atoms with van der Waals surface area (Å²) in [4.78, 5) is 42.8. The Morgan fingerprint density at radius 1 is 1.31 bits per heavy atom. The number of aliphatic hydroxyl groups excluding tert-OH is 1. The molecule has 2 bridgehead atoms. The monoisotopic (exact) mass is 514 g/mol. The molecule has 0 aromatic heterocycles. The van der Waals surface area contributed by atoms with Crippen LogP contribution in [0.4, 0.5) is 0 Å². The summed E-state index contributed by atoms with van der Waals surface area (Å²) in [7, 11) is 0. The molecule has 32 heavy (non-hydrogen) atoms. The molecule has 0 aliphatic carbocycles. The zero-order valence-electron chi connectivity index (χ0n) is 19.1. The number of rotatable bonds is 10. The Labute approximate surface area is 198 Å². The van der Waals surface area contributed by atoms with Gasteiger partial charge in [0.05, 0.1) is 17.9 Å². The van der Waals surface area contributed by atoms with Gasteiger partial charge in [-0.25, -0.2) is 0 Å². The van der Waals surface area contributed by atoms with Crippen LogP contribution in [0, 0.1) is 11.8 Å². The van der Waals surface area contributed by atoms with Gasteiger partial charge in [0.15, 0.2) is 0 Å². The highest BCUT2D eigenvalue weighted by Crippen LogP contribution is 2.60. The lowest BCUT2D eigenvalue weighted by molar-refractivity contribution is -0.152. The third-order valence-electron chi connectivity index (χ3n) is 7.00. The first-order valence-corrected chi connectivity index (χ1v) is 12.3. The Morgan fingerprint density at radius 3 is 2.53 bits per heavy atom. The van der Waals surface area contributed by atoms with Crippen molar-refractivity contribution >= 4 is 33.7 Å². The van der Waals surface area contributed by atoms with Crippen LogP contribution in [0.25, 0.3) is 0 Å². The summed E-state index contributed by atoms with van der Waals surface area (Å²) in [5.74, 6) is -3.43. The van der Waals surface area contributed by atoms with Gasteiger partial charge in [0, 0.05) is 30.1 Å². The molecule has 0 saturated carbocycles. The van der Waals surface area contributed by atoms with Crippen molar-refractivity contribution in [1.82, 2.24) is 9.80 Å². The van der Waals surface area contributed by atoms with Crippen molar-refractivity contribution in [2.45, 2.75) is 81.0 Å². The molecular weight excluding hydrogens is 480 g/mol. The van der Waals surface area contributed by atoms with Crippen LogP contribution in [-0.4, -0.2) is 85.6 Å². The van der Waals surface area contributed by atoms with E-state index in [1.54, 1.807) is 15.9 Å². The molecule has 3 fully saturated rings. The van der Waals surface area contributed by atoms with Crippen molar-refractivity contribution in [1.29, 1.82) is 0 Å². The van der Waals surface area contributed by atoms with E-state index in [2.05, 4.69) is 22.5 Å². The van der Waals surface area contributed by atoms with Gasteiger partial charge in [0.2, 0.25) is 11.8 Å². The van der Waals surface area contributed by atoms with Crippen molar-refractivity contribution in [3.05, 3.63) is 12.7 Å². The predicted octanol–water partition coefficient (Wildman–Crippen LogP) is 2.18. The second kappa shape index (κ2) is 9.43. The molecule has 3 rings (SSSR count). The van der Waals surface area contributed by atoms with Gasteiger partial charge in [0.1, 0.15) is 11.6 Å². The number of hydrogen-bond acceptors (Lipinski definition) is 5. The van der Waals surface area contributed by atoms with E-state index in [0.29, 0.717) is 32.4 Å². The zero-order chi connectivity index (χ0) is 23.8. The van der Waals surface area contributed by atoms with E-state index in [1.807, 2.05) is 20.8 Å². The number of nitrogens with zero attached hydrogens (tertiary/aromatic N) is 2. The molecule has 0 aromatic rings. The smallest absolute Gasteiger partial charge is 0.310 e. The second-order valence-corrected chi connectivity index (χ2v) is 11.3. The number of unbranched alkanes of at least 4 members (excludes halogenated alkanes) is 3. The molecule has 2 N–H and O–H groups in total. The quantitative estimate of drug-likeness (QED) is 0.263. The van der Waals surface area contributed by atoms with Gasteiger partial charge in [-0.15, -0.1) is 6.58 Å². The summed E-state index contributed by atoms with van der Waals surface area (Å²) in [6, 6.07) is -0.869. The summed E-state index contributed by atoms with van der Waals surface area (Å²) in [6.45, 7) is 10.4. The number of fused-ring (bicyclic) bond motifs is 1. The second-order valence-electron chi connectivity index (χ2n) is 10.1. The molecule has 3 unspecified atom stereocenters. The number of halogens is 1. The molecule has 180 valence electrons. The first-order valence-electron chi connectivity index (χ1n) is 11.4. The number of amides is 2. The van der Waals surface area contributed by atoms with Gasteiger partial charge in [0.25, 0.3) is 0 Å². The Morgan fingerprint density at radius 2 is 1.97 bits per heavy atom. The summed E-state index contributed by atoms with van der Waals surface area (Å²) < 4.78 is 6.29. The van der Waals surface area contributed by atoms with Crippen LogP contribution < -0.4 is 0 Å². The minimum atomic E-state index is -1.15. The minimum absolute atomic E-state index is 0.124. The van der Waals surface area contributed by atoms with E-state index in [0.717, 1.165) is 12.8 Å². The van der Waals surface area contributed by atoms with Gasteiger partial charge in [-0.2, -0.15) is 0 Å². The molecular formula is C23H35BrN2O6. The number of aliphatic carboxylic acids is 1. The molecule has 3 aliphatic heterocycles. The Kier molecular flexibility index (Phi) is 7.42.